The van der Waals surface area contributed by atoms with Gasteiger partial charge in [0.1, 0.15) is 23.7 Å². The quantitative estimate of drug-likeness (QED) is 0.0397. The van der Waals surface area contributed by atoms with Crippen molar-refractivity contribution in [1.29, 1.82) is 0 Å². The molecule has 0 bridgehead atoms. The van der Waals surface area contributed by atoms with Crippen LogP contribution in [0.2, 0.25) is 0 Å². The second kappa shape index (κ2) is 21.3. The van der Waals surface area contributed by atoms with Gasteiger partial charge in [-0.25, -0.2) is 9.59 Å². The first-order chi connectivity index (χ1) is 29.0. The molecule has 2 aliphatic heterocycles. The number of nitrogens with one attached hydrogen (secondary N) is 2. The first kappa shape index (κ1) is 45.1. The molecule has 2 N–H and O–H groups in total. The van der Waals surface area contributed by atoms with Crippen LogP contribution in [0.3, 0.4) is 0 Å². The van der Waals surface area contributed by atoms with Crippen LogP contribution in [0.1, 0.15) is 77.7 Å². The van der Waals surface area contributed by atoms with Gasteiger partial charge < -0.3 is 39.1 Å². The van der Waals surface area contributed by atoms with Crippen LogP contribution < -0.4 is 20.1 Å². The van der Waals surface area contributed by atoms with Gasteiger partial charge in [0, 0.05) is 37.7 Å². The van der Waals surface area contributed by atoms with E-state index < -0.39 is 29.4 Å². The minimum absolute atomic E-state index is 0.0745. The maximum absolute atomic E-state index is 13.9. The summed E-state index contributed by atoms with van der Waals surface area (Å²) in [7, 11) is 4.49. The molecule has 0 spiro atoms. The van der Waals surface area contributed by atoms with Crippen LogP contribution in [0.5, 0.6) is 11.5 Å². The Bertz CT molecular complexity index is 2040. The minimum atomic E-state index is -1.36. The first-order valence-electron chi connectivity index (χ1n) is 20.0. The summed E-state index contributed by atoms with van der Waals surface area (Å²) in [6.45, 7) is 6.71. The van der Waals surface area contributed by atoms with Crippen LogP contribution in [0.15, 0.2) is 84.0 Å². The highest BCUT2D eigenvalue weighted by molar-refractivity contribution is 6.09. The topological polar surface area (TPSA) is 168 Å². The van der Waals surface area contributed by atoms with Crippen molar-refractivity contribution in [3.63, 3.8) is 0 Å². The van der Waals surface area contributed by atoms with Crippen molar-refractivity contribution in [3.8, 4) is 11.5 Å². The molecule has 14 heteroatoms. The summed E-state index contributed by atoms with van der Waals surface area (Å²) < 4.78 is 32.9. The summed E-state index contributed by atoms with van der Waals surface area (Å²) >= 11 is 0. The number of imide groups is 1. The van der Waals surface area contributed by atoms with E-state index in [-0.39, 0.29) is 51.2 Å². The number of urea groups is 1. The molecule has 1 atom stereocenters. The van der Waals surface area contributed by atoms with Crippen molar-refractivity contribution in [2.75, 3.05) is 54.4 Å². The van der Waals surface area contributed by atoms with Crippen molar-refractivity contribution in [2.45, 2.75) is 65.0 Å². The summed E-state index contributed by atoms with van der Waals surface area (Å²) in [5.74, 6) is -1.05. The average molecular weight is 826 g/mol. The number of ether oxygens (including phenoxy) is 6. The highest BCUT2D eigenvalue weighted by atomic mass is 16.7. The van der Waals surface area contributed by atoms with E-state index in [0.29, 0.717) is 71.8 Å². The van der Waals surface area contributed by atoms with Gasteiger partial charge in [0.15, 0.2) is 12.3 Å². The Morgan fingerprint density at radius 1 is 0.917 bits per heavy atom. The molecule has 2 heterocycles. The van der Waals surface area contributed by atoms with E-state index in [9.17, 15) is 24.0 Å². The van der Waals surface area contributed by atoms with Gasteiger partial charge in [-0.2, -0.15) is 0 Å². The molecule has 1 fully saturated rings. The third-order valence-electron chi connectivity index (χ3n) is 10.7. The Kier molecular flexibility index (Phi) is 16.0. The second-order valence-corrected chi connectivity index (χ2v) is 14.8. The van der Waals surface area contributed by atoms with E-state index in [1.165, 1.54) is 12.0 Å². The van der Waals surface area contributed by atoms with Crippen LogP contribution in [-0.4, -0.2) is 89.1 Å². The van der Waals surface area contributed by atoms with Gasteiger partial charge in [-0.15, -0.1) is 0 Å². The van der Waals surface area contributed by atoms with Gasteiger partial charge in [0.05, 0.1) is 33.4 Å². The summed E-state index contributed by atoms with van der Waals surface area (Å²) in [6.07, 6.45) is 5.34. The Morgan fingerprint density at radius 2 is 1.57 bits per heavy atom. The maximum Gasteiger partial charge on any atom is 0.342 e. The predicted molar refractivity (Wildman–Crippen MR) is 222 cm³/mol. The molecule has 3 aromatic carbocycles. The van der Waals surface area contributed by atoms with E-state index in [4.69, 9.17) is 28.4 Å². The smallest absolute Gasteiger partial charge is 0.342 e. The summed E-state index contributed by atoms with van der Waals surface area (Å²) in [4.78, 5) is 66.9. The SMILES string of the molecule is COCCOCOc1c(C/C=C(\C)CC(C/C(C)=C/CNC(=O)CCCN2C(=O)NC(c3ccccc3)(c3ccccc3)C2=O)C(=O)OC)c(OC)c(C)c2c1C(=O)OC2. The number of cyclic esters (lactones) is 1. The average Bonchev–Trinajstić information content (AvgIpc) is 3.76. The zero-order valence-corrected chi connectivity index (χ0v) is 35.2. The molecule has 4 amide bonds. The third kappa shape index (κ3) is 10.4. The minimum Gasteiger partial charge on any atom is -0.496 e. The Balaban J connectivity index is 1.16. The Hall–Kier alpha value is -5.99. The maximum atomic E-state index is 13.9. The number of hydrogen-bond donors (Lipinski definition) is 2. The molecule has 60 heavy (non-hydrogen) atoms. The number of rotatable bonds is 22. The van der Waals surface area contributed by atoms with Gasteiger partial charge in [-0.3, -0.25) is 19.3 Å². The van der Waals surface area contributed by atoms with Gasteiger partial charge >= 0.3 is 18.0 Å². The van der Waals surface area contributed by atoms with Crippen LogP contribution >= 0.6 is 0 Å². The number of carbonyl (C=O) groups is 5. The first-order valence-corrected chi connectivity index (χ1v) is 20.0. The molecular formula is C46H55N3O11. The Morgan fingerprint density at radius 3 is 2.18 bits per heavy atom. The molecular weight excluding hydrogens is 771 g/mol. The number of carbonyl (C=O) groups excluding carboxylic acids is 5. The standard InChI is InChI=1S/C46H55N3O11/c1-30(19-20-36-40(56-5)32(3)37-28-59-43(52)39(37)41(36)60-29-58-25-24-55-4)26-33(42(51)57-6)27-31(2)21-22-47-38(50)18-13-23-49-44(53)46(48-45(49)54,34-14-9-7-10-15-34)35-16-11-8-12-17-35/h7-12,14-17,19,21,33H,13,18,20,22-29H2,1-6H3,(H,47,50)(H,48,54)/b30-19+,31-21+. The fourth-order valence-corrected chi connectivity index (χ4v) is 7.64. The molecule has 2 aliphatic rings. The van der Waals surface area contributed by atoms with Gasteiger partial charge in [-0.1, -0.05) is 84.0 Å². The molecule has 0 saturated carbocycles. The second-order valence-electron chi connectivity index (χ2n) is 14.8. The molecule has 1 saturated heterocycles. The van der Waals surface area contributed by atoms with Crippen LogP contribution in [-0.2, 0) is 51.9 Å². The molecule has 320 valence electrons. The third-order valence-corrected chi connectivity index (χ3v) is 10.7. The lowest BCUT2D eigenvalue weighted by Gasteiger charge is -2.28. The largest absolute Gasteiger partial charge is 0.496 e. The lowest BCUT2D eigenvalue weighted by Crippen LogP contribution is -2.45. The van der Waals surface area contributed by atoms with E-state index >= 15 is 0 Å². The Labute approximate surface area is 351 Å². The van der Waals surface area contributed by atoms with Crippen molar-refractivity contribution in [3.05, 3.63) is 117 Å². The number of methoxy groups -OCH3 is 3. The fourth-order valence-electron chi connectivity index (χ4n) is 7.64. The lowest BCUT2D eigenvalue weighted by molar-refractivity contribution is -0.145. The highest BCUT2D eigenvalue weighted by Crippen LogP contribution is 2.43. The van der Waals surface area contributed by atoms with Gasteiger partial charge in [-0.05, 0) is 63.1 Å². The van der Waals surface area contributed by atoms with Gasteiger partial charge in [0.25, 0.3) is 5.91 Å². The highest BCUT2D eigenvalue weighted by Gasteiger charge is 2.53. The van der Waals surface area contributed by atoms with E-state index in [0.717, 1.165) is 16.7 Å². The number of nitrogens with zero attached hydrogens (tertiary/aromatic N) is 1. The lowest BCUT2D eigenvalue weighted by atomic mass is 9.82. The molecule has 3 aromatic rings. The van der Waals surface area contributed by atoms with Crippen molar-refractivity contribution in [2.24, 2.45) is 5.92 Å². The summed E-state index contributed by atoms with van der Waals surface area (Å²) in [6, 6.07) is 17.7. The number of allylic oxidation sites excluding steroid dienone is 3. The zero-order chi connectivity index (χ0) is 43.2. The number of esters is 2. The monoisotopic (exact) mass is 825 g/mol. The number of fused-ring (bicyclic) bond motifs is 1. The molecule has 0 radical (unpaired) electrons. The predicted octanol–water partition coefficient (Wildman–Crippen LogP) is 6.07. The summed E-state index contributed by atoms with van der Waals surface area (Å²) in [5, 5.41) is 5.80. The van der Waals surface area contributed by atoms with Crippen LogP contribution in [0.4, 0.5) is 4.79 Å². The number of amides is 4. The molecule has 0 aliphatic carbocycles. The van der Waals surface area contributed by atoms with Crippen LogP contribution in [0.25, 0.3) is 0 Å². The fraction of sp³-hybridized carbons (Fsp3) is 0.413. The van der Waals surface area contributed by atoms with E-state index in [1.807, 2.05) is 93.6 Å². The van der Waals surface area contributed by atoms with E-state index in [1.54, 1.807) is 14.2 Å². The van der Waals surface area contributed by atoms with Gasteiger partial charge in [0.2, 0.25) is 5.91 Å². The van der Waals surface area contributed by atoms with E-state index in [2.05, 4.69) is 10.6 Å². The van der Waals surface area contributed by atoms with Crippen molar-refractivity contribution in [1.82, 2.24) is 15.5 Å². The normalized spacial score (nSPS) is 15.3. The molecule has 0 aromatic heterocycles. The number of hydrogen-bond acceptors (Lipinski definition) is 11. The molecule has 5 rings (SSSR count). The van der Waals surface area contributed by atoms with Crippen molar-refractivity contribution < 1.29 is 52.4 Å². The van der Waals surface area contributed by atoms with Crippen LogP contribution in [0, 0.1) is 12.8 Å². The molecule has 14 nitrogen and oxygen atoms in total. The summed E-state index contributed by atoms with van der Waals surface area (Å²) in [5.41, 5.74) is 4.25. The number of benzene rings is 3. The zero-order valence-electron chi connectivity index (χ0n) is 35.2. The van der Waals surface area contributed by atoms with Crippen molar-refractivity contribution >= 4 is 29.8 Å². The molecule has 1 unspecified atom stereocenters.